The first-order valence-electron chi connectivity index (χ1n) is 5.11. The van der Waals surface area contributed by atoms with Gasteiger partial charge in [0.1, 0.15) is 0 Å². The van der Waals surface area contributed by atoms with Crippen LogP contribution in [0.1, 0.15) is 24.0 Å². The molecule has 2 heteroatoms. The summed E-state index contributed by atoms with van der Waals surface area (Å²) in [5.74, 6) is 0.735. The molecule has 0 spiro atoms. The molecule has 1 aromatic rings. The van der Waals surface area contributed by atoms with E-state index in [1.165, 1.54) is 24.0 Å². The van der Waals surface area contributed by atoms with Crippen molar-refractivity contribution in [2.24, 2.45) is 0 Å². The molecule has 14 heavy (non-hydrogen) atoms. The van der Waals surface area contributed by atoms with Gasteiger partial charge in [-0.15, -0.1) is 11.6 Å². The lowest BCUT2D eigenvalue weighted by Crippen LogP contribution is -2.32. The first-order valence-corrected chi connectivity index (χ1v) is 5.64. The molecule has 0 bridgehead atoms. The number of hydrogen-bond acceptors (Lipinski definition) is 1. The minimum atomic E-state index is 0.255. The number of alkyl halides is 1. The van der Waals surface area contributed by atoms with E-state index in [1.54, 1.807) is 0 Å². The van der Waals surface area contributed by atoms with E-state index in [4.69, 9.17) is 11.6 Å². The number of halogens is 1. The fourth-order valence-corrected chi connectivity index (χ4v) is 1.98. The van der Waals surface area contributed by atoms with Gasteiger partial charge in [-0.25, -0.2) is 0 Å². The highest BCUT2D eigenvalue weighted by molar-refractivity contribution is 6.18. The molecule has 1 aromatic carbocycles. The van der Waals surface area contributed by atoms with E-state index >= 15 is 0 Å². The van der Waals surface area contributed by atoms with Crippen LogP contribution in [0.25, 0.3) is 0 Å². The Balaban J connectivity index is 1.92. The van der Waals surface area contributed by atoms with Crippen molar-refractivity contribution in [3.8, 4) is 0 Å². The van der Waals surface area contributed by atoms with Crippen LogP contribution in [0.4, 0.5) is 0 Å². The summed E-state index contributed by atoms with van der Waals surface area (Å²) in [6.07, 6.45) is 2.45. The summed E-state index contributed by atoms with van der Waals surface area (Å²) in [5.41, 5.74) is 2.92. The molecule has 1 saturated carbocycles. The van der Waals surface area contributed by atoms with Crippen LogP contribution in [-0.2, 0) is 6.54 Å². The summed E-state index contributed by atoms with van der Waals surface area (Å²) in [6, 6.07) is 8.60. The quantitative estimate of drug-likeness (QED) is 0.753. The second-order valence-corrected chi connectivity index (χ2v) is 4.52. The number of nitrogens with one attached hydrogen (secondary N) is 1. The second-order valence-electron chi connectivity index (χ2n) is 4.26. The summed E-state index contributed by atoms with van der Waals surface area (Å²) >= 11 is 5.89. The van der Waals surface area contributed by atoms with Gasteiger partial charge in [0.2, 0.25) is 0 Å². The molecular weight excluding hydrogens is 194 g/mol. The van der Waals surface area contributed by atoms with Gasteiger partial charge in [-0.2, -0.15) is 0 Å². The largest absolute Gasteiger partial charge is 0.306 e. The first kappa shape index (κ1) is 10.0. The van der Waals surface area contributed by atoms with Crippen LogP contribution >= 0.6 is 11.6 Å². The molecule has 0 unspecified atom stereocenters. The minimum absolute atomic E-state index is 0.255. The average Bonchev–Trinajstić information content (AvgIpc) is 2.96. The average molecular weight is 210 g/mol. The van der Waals surface area contributed by atoms with Crippen molar-refractivity contribution in [2.45, 2.75) is 31.8 Å². The predicted octanol–water partition coefficient (Wildman–Crippen LogP) is 2.86. The lowest BCUT2D eigenvalue weighted by atomic mass is 10.1. The molecule has 0 aromatic heterocycles. The number of benzene rings is 1. The topological polar surface area (TPSA) is 12.0 Å². The van der Waals surface area contributed by atoms with Crippen LogP contribution in [0.15, 0.2) is 24.3 Å². The maximum absolute atomic E-state index is 5.89. The lowest BCUT2D eigenvalue weighted by Gasteiger charge is -2.13. The third-order valence-corrected chi connectivity index (χ3v) is 3.37. The van der Waals surface area contributed by atoms with Crippen LogP contribution in [0.5, 0.6) is 0 Å². The molecule has 0 radical (unpaired) electrons. The third-order valence-electron chi connectivity index (χ3n) is 2.86. The van der Waals surface area contributed by atoms with Crippen molar-refractivity contribution >= 4 is 11.6 Å². The van der Waals surface area contributed by atoms with Crippen molar-refractivity contribution in [1.29, 1.82) is 0 Å². The zero-order valence-corrected chi connectivity index (χ0v) is 9.27. The second kappa shape index (κ2) is 3.92. The zero-order valence-electron chi connectivity index (χ0n) is 8.52. The number of rotatable bonds is 4. The summed E-state index contributed by atoms with van der Waals surface area (Å²) in [5, 5.41) is 3.53. The van der Waals surface area contributed by atoms with Crippen LogP contribution in [0.3, 0.4) is 0 Å². The van der Waals surface area contributed by atoms with Crippen LogP contribution < -0.4 is 5.32 Å². The molecule has 1 nitrogen and oxygen atoms in total. The fraction of sp³-hybridized carbons (Fsp3) is 0.500. The Morgan fingerprint density at radius 1 is 1.43 bits per heavy atom. The van der Waals surface area contributed by atoms with Gasteiger partial charge in [-0.3, -0.25) is 0 Å². The highest BCUT2D eigenvalue weighted by Gasteiger charge is 2.40. The SMILES string of the molecule is Cc1cccc(CNC2(CCl)CC2)c1. The van der Waals surface area contributed by atoms with E-state index in [1.807, 2.05) is 0 Å². The van der Waals surface area contributed by atoms with Crippen LogP contribution in [0, 0.1) is 6.92 Å². The van der Waals surface area contributed by atoms with Gasteiger partial charge in [0.05, 0.1) is 0 Å². The normalized spacial score (nSPS) is 18.1. The van der Waals surface area contributed by atoms with Crippen molar-refractivity contribution < 1.29 is 0 Å². The lowest BCUT2D eigenvalue weighted by molar-refractivity contribution is 0.543. The first-order chi connectivity index (χ1) is 6.74. The maximum Gasteiger partial charge on any atom is 0.0406 e. The number of hydrogen-bond donors (Lipinski definition) is 1. The molecule has 1 aliphatic carbocycles. The van der Waals surface area contributed by atoms with E-state index in [-0.39, 0.29) is 5.54 Å². The summed E-state index contributed by atoms with van der Waals surface area (Å²) < 4.78 is 0. The van der Waals surface area contributed by atoms with Gasteiger partial charge in [0.25, 0.3) is 0 Å². The molecule has 0 aliphatic heterocycles. The van der Waals surface area contributed by atoms with Crippen LogP contribution in [-0.4, -0.2) is 11.4 Å². The van der Waals surface area contributed by atoms with Gasteiger partial charge in [-0.05, 0) is 25.3 Å². The Kier molecular flexibility index (Phi) is 2.80. The molecule has 1 fully saturated rings. The zero-order chi connectivity index (χ0) is 10.0. The summed E-state index contributed by atoms with van der Waals surface area (Å²) in [4.78, 5) is 0. The maximum atomic E-state index is 5.89. The van der Waals surface area contributed by atoms with E-state index in [9.17, 15) is 0 Å². The number of aryl methyl sites for hydroxylation is 1. The van der Waals surface area contributed by atoms with Crippen molar-refractivity contribution in [3.05, 3.63) is 35.4 Å². The Bertz CT molecular complexity index is 318. The molecule has 1 aliphatic rings. The Labute approximate surface area is 90.5 Å². The smallest absolute Gasteiger partial charge is 0.0406 e. The predicted molar refractivity (Wildman–Crippen MR) is 60.7 cm³/mol. The molecule has 76 valence electrons. The van der Waals surface area contributed by atoms with E-state index in [0.29, 0.717) is 0 Å². The monoisotopic (exact) mass is 209 g/mol. The van der Waals surface area contributed by atoms with Gasteiger partial charge in [-0.1, -0.05) is 29.8 Å². The summed E-state index contributed by atoms with van der Waals surface area (Å²) in [6.45, 7) is 3.06. The van der Waals surface area contributed by atoms with Crippen molar-refractivity contribution in [3.63, 3.8) is 0 Å². The van der Waals surface area contributed by atoms with E-state index in [2.05, 4.69) is 36.5 Å². The molecule has 1 N–H and O–H groups in total. The fourth-order valence-electron chi connectivity index (χ4n) is 1.62. The molecule has 0 heterocycles. The van der Waals surface area contributed by atoms with Crippen molar-refractivity contribution in [2.75, 3.05) is 5.88 Å². The molecule has 0 saturated heterocycles. The molecule has 2 rings (SSSR count). The third kappa shape index (κ3) is 2.28. The standard InChI is InChI=1S/C12H16ClN/c1-10-3-2-4-11(7-10)8-14-12(9-13)5-6-12/h2-4,7,14H,5-6,8-9H2,1H3. The summed E-state index contributed by atoms with van der Waals surface area (Å²) in [7, 11) is 0. The molecular formula is C12H16ClN. The van der Waals surface area contributed by atoms with Crippen molar-refractivity contribution in [1.82, 2.24) is 5.32 Å². The molecule has 0 amide bonds. The van der Waals surface area contributed by atoms with Gasteiger partial charge < -0.3 is 5.32 Å². The van der Waals surface area contributed by atoms with E-state index in [0.717, 1.165) is 12.4 Å². The van der Waals surface area contributed by atoms with Crippen LogP contribution in [0.2, 0.25) is 0 Å². The van der Waals surface area contributed by atoms with Gasteiger partial charge >= 0.3 is 0 Å². The Morgan fingerprint density at radius 3 is 2.79 bits per heavy atom. The Morgan fingerprint density at radius 2 is 2.21 bits per heavy atom. The minimum Gasteiger partial charge on any atom is -0.306 e. The Hall–Kier alpha value is -0.530. The van der Waals surface area contributed by atoms with Gasteiger partial charge in [0.15, 0.2) is 0 Å². The molecule has 0 atom stereocenters. The van der Waals surface area contributed by atoms with Gasteiger partial charge in [0, 0.05) is 18.0 Å². The highest BCUT2D eigenvalue weighted by atomic mass is 35.5. The highest BCUT2D eigenvalue weighted by Crippen LogP contribution is 2.36. The van der Waals surface area contributed by atoms with E-state index < -0.39 is 0 Å².